The minimum atomic E-state index is -3.36. The van der Waals surface area contributed by atoms with Crippen LogP contribution in [-0.4, -0.2) is 98.1 Å². The number of nitrogens with zero attached hydrogens (tertiary/aromatic N) is 2. The summed E-state index contributed by atoms with van der Waals surface area (Å²) >= 11 is 6.64. The Kier molecular flexibility index (Phi) is 11.2. The van der Waals surface area contributed by atoms with Crippen molar-refractivity contribution in [2.24, 2.45) is 11.8 Å². The highest BCUT2D eigenvalue weighted by Crippen LogP contribution is 2.41. The topological polar surface area (TPSA) is 135 Å². The Morgan fingerprint density at radius 1 is 1.10 bits per heavy atom. The normalized spacial score (nSPS) is 23.6. The van der Waals surface area contributed by atoms with Gasteiger partial charge in [0.25, 0.3) is 0 Å². The highest BCUT2D eigenvalue weighted by atomic mass is 35.5. The Morgan fingerprint density at radius 2 is 1.79 bits per heavy atom. The molecule has 2 aromatic rings. The van der Waals surface area contributed by atoms with Crippen LogP contribution in [0.4, 0.5) is 5.69 Å². The van der Waals surface area contributed by atoms with Crippen LogP contribution in [0.2, 0.25) is 5.02 Å². The molecule has 3 aliphatic rings. The number of carbonyl (C=O) groups excluding carboxylic acids is 2. The summed E-state index contributed by atoms with van der Waals surface area (Å²) in [5.74, 6) is -0.459. The standard InChI is InChI=1S/C35H48ClN3O8S/c1-22(2)32-29(11-14-48(32,43)44)47-34(42)24(15-23-9-7-6-8-10-23)16-25(40)19-38-12-13-39(20-28(38)33(41)37-35(3,4)5)27-18-31-30(17-26(27)36)45-21-46-31/h6-10,17-18,22,24-25,28-29,32,40H,11-16,19-21H2,1-5H3,(H,37,41)/t24-,25-,28-,29+,32+/m0/s1. The Morgan fingerprint density at radius 3 is 2.46 bits per heavy atom. The van der Waals surface area contributed by atoms with E-state index in [0.717, 1.165) is 11.3 Å². The van der Waals surface area contributed by atoms with Gasteiger partial charge in [0.05, 0.1) is 28.5 Å². The molecule has 48 heavy (non-hydrogen) atoms. The number of piperazine rings is 1. The van der Waals surface area contributed by atoms with Crippen LogP contribution in [0.25, 0.3) is 0 Å². The third kappa shape index (κ3) is 8.74. The van der Waals surface area contributed by atoms with Gasteiger partial charge in [-0.05, 0) is 51.5 Å². The second-order valence-electron chi connectivity index (χ2n) is 14.5. The Balaban J connectivity index is 1.32. The predicted molar refractivity (Wildman–Crippen MR) is 184 cm³/mol. The van der Waals surface area contributed by atoms with E-state index in [1.807, 2.05) is 80.8 Å². The summed E-state index contributed by atoms with van der Waals surface area (Å²) in [5, 5.41) is 14.3. The van der Waals surface area contributed by atoms with Crippen molar-refractivity contribution in [2.45, 2.75) is 82.9 Å². The van der Waals surface area contributed by atoms with Gasteiger partial charge in [-0.2, -0.15) is 0 Å². The van der Waals surface area contributed by atoms with Gasteiger partial charge in [-0.3, -0.25) is 14.5 Å². The van der Waals surface area contributed by atoms with Gasteiger partial charge in [0.1, 0.15) is 17.4 Å². The molecule has 5 rings (SSSR count). The predicted octanol–water partition coefficient (Wildman–Crippen LogP) is 3.84. The minimum Gasteiger partial charge on any atom is -0.461 e. The van der Waals surface area contributed by atoms with Crippen molar-refractivity contribution in [3.8, 4) is 11.5 Å². The van der Waals surface area contributed by atoms with Gasteiger partial charge in [0.2, 0.25) is 12.7 Å². The molecule has 13 heteroatoms. The van der Waals surface area contributed by atoms with Crippen molar-refractivity contribution in [1.29, 1.82) is 0 Å². The lowest BCUT2D eigenvalue weighted by atomic mass is 9.92. The second kappa shape index (κ2) is 14.8. The third-order valence-electron chi connectivity index (χ3n) is 9.13. The molecule has 0 aliphatic carbocycles. The first-order valence-corrected chi connectivity index (χ1v) is 18.7. The fourth-order valence-corrected chi connectivity index (χ4v) is 9.56. The smallest absolute Gasteiger partial charge is 0.309 e. The second-order valence-corrected chi connectivity index (χ2v) is 17.2. The largest absolute Gasteiger partial charge is 0.461 e. The van der Waals surface area contributed by atoms with Gasteiger partial charge >= 0.3 is 5.97 Å². The van der Waals surface area contributed by atoms with Gasteiger partial charge < -0.3 is 29.5 Å². The molecule has 3 aliphatic heterocycles. The lowest BCUT2D eigenvalue weighted by molar-refractivity contribution is -0.155. The zero-order valence-electron chi connectivity index (χ0n) is 28.4. The fraction of sp³-hybridized carbons (Fsp3) is 0.600. The van der Waals surface area contributed by atoms with E-state index in [4.69, 9.17) is 25.8 Å². The lowest BCUT2D eigenvalue weighted by Gasteiger charge is -2.43. The van der Waals surface area contributed by atoms with Crippen LogP contribution in [0, 0.1) is 11.8 Å². The first kappa shape index (κ1) is 36.2. The van der Waals surface area contributed by atoms with Gasteiger partial charge in [0, 0.05) is 43.9 Å². The highest BCUT2D eigenvalue weighted by Gasteiger charge is 2.45. The van der Waals surface area contributed by atoms with Gasteiger partial charge in [-0.1, -0.05) is 55.8 Å². The van der Waals surface area contributed by atoms with Gasteiger partial charge in [0.15, 0.2) is 21.3 Å². The minimum absolute atomic E-state index is 0.0127. The van der Waals surface area contributed by atoms with Crippen molar-refractivity contribution in [2.75, 3.05) is 43.6 Å². The van der Waals surface area contributed by atoms with E-state index < -0.39 is 50.8 Å². The van der Waals surface area contributed by atoms with Crippen molar-refractivity contribution >= 4 is 39.0 Å². The van der Waals surface area contributed by atoms with Crippen LogP contribution in [0.15, 0.2) is 42.5 Å². The van der Waals surface area contributed by atoms with Crippen LogP contribution in [0.1, 0.15) is 53.0 Å². The third-order valence-corrected chi connectivity index (χ3v) is 11.9. The number of benzene rings is 2. The molecule has 0 spiro atoms. The van der Waals surface area contributed by atoms with Crippen LogP contribution in [0.3, 0.4) is 0 Å². The molecule has 0 aromatic heterocycles. The quantitative estimate of drug-likeness (QED) is 0.332. The lowest BCUT2D eigenvalue weighted by Crippen LogP contribution is -2.62. The number of ether oxygens (including phenoxy) is 3. The molecule has 0 radical (unpaired) electrons. The number of carbonyl (C=O) groups is 2. The number of fused-ring (bicyclic) bond motifs is 1. The summed E-state index contributed by atoms with van der Waals surface area (Å²) in [6.45, 7) is 11.0. The van der Waals surface area contributed by atoms with E-state index >= 15 is 0 Å². The number of hydrogen-bond acceptors (Lipinski definition) is 10. The fourth-order valence-electron chi connectivity index (χ4n) is 6.97. The van der Waals surface area contributed by atoms with Crippen molar-refractivity contribution in [3.05, 3.63) is 53.1 Å². The number of rotatable bonds is 11. The number of anilines is 1. The van der Waals surface area contributed by atoms with Crippen molar-refractivity contribution < 1.29 is 37.3 Å². The maximum absolute atomic E-state index is 13.7. The van der Waals surface area contributed by atoms with Gasteiger partial charge in [-0.15, -0.1) is 0 Å². The average Bonchev–Trinajstić information content (AvgIpc) is 3.58. The molecular weight excluding hydrogens is 658 g/mol. The maximum atomic E-state index is 13.7. The molecule has 2 N–H and O–H groups in total. The number of hydrogen-bond donors (Lipinski definition) is 2. The zero-order chi connectivity index (χ0) is 34.8. The molecule has 5 atom stereocenters. The van der Waals surface area contributed by atoms with Crippen molar-refractivity contribution in [3.63, 3.8) is 0 Å². The summed E-state index contributed by atoms with van der Waals surface area (Å²) in [7, 11) is -3.36. The van der Waals surface area contributed by atoms with Gasteiger partial charge in [-0.25, -0.2) is 8.42 Å². The van der Waals surface area contributed by atoms with E-state index in [2.05, 4.69) is 5.32 Å². The van der Waals surface area contributed by atoms with Crippen LogP contribution < -0.4 is 19.7 Å². The molecule has 2 fully saturated rings. The average molecular weight is 706 g/mol. The number of nitrogens with one attached hydrogen (secondary N) is 1. The highest BCUT2D eigenvalue weighted by molar-refractivity contribution is 7.92. The first-order valence-electron chi connectivity index (χ1n) is 16.7. The summed E-state index contributed by atoms with van der Waals surface area (Å²) in [6, 6.07) is 12.4. The summed E-state index contributed by atoms with van der Waals surface area (Å²) in [5.41, 5.74) is 1.16. The van der Waals surface area contributed by atoms with E-state index in [1.54, 1.807) is 6.07 Å². The number of aliphatic hydroxyl groups is 1. The Labute approximate surface area is 288 Å². The molecule has 2 aromatic carbocycles. The van der Waals surface area contributed by atoms with Crippen LogP contribution >= 0.6 is 11.6 Å². The molecule has 0 saturated carbocycles. The number of amides is 1. The maximum Gasteiger partial charge on any atom is 0.309 e. The van der Waals surface area contributed by atoms with E-state index in [-0.39, 0.29) is 43.8 Å². The molecule has 264 valence electrons. The van der Waals surface area contributed by atoms with Crippen LogP contribution in [-0.2, 0) is 30.6 Å². The number of esters is 1. The Bertz CT molecular complexity index is 1570. The SMILES string of the molecule is CC(C)[C@@H]1[C@H](OC(=O)[C@@H](Cc2ccccc2)C[C@H](O)CN2CCN(c3cc4c(cc3Cl)OCO4)C[C@H]2C(=O)NC(C)(C)C)CCS1(=O)=O. The number of aliphatic hydroxyl groups excluding tert-OH is 1. The molecule has 2 saturated heterocycles. The molecule has 0 bridgehead atoms. The molecule has 11 nitrogen and oxygen atoms in total. The van der Waals surface area contributed by atoms with Crippen LogP contribution in [0.5, 0.6) is 11.5 Å². The molecule has 3 heterocycles. The summed E-state index contributed by atoms with van der Waals surface area (Å²) in [6.07, 6.45) is -1.02. The Hall–Kier alpha value is -3.06. The number of β-amino-alcohol motifs (C(OH)–C–C–N with tert-alkyl or cyclic N) is 1. The number of halogens is 1. The first-order chi connectivity index (χ1) is 22.6. The monoisotopic (exact) mass is 705 g/mol. The summed E-state index contributed by atoms with van der Waals surface area (Å²) < 4.78 is 42.4. The molecule has 0 unspecified atom stereocenters. The van der Waals surface area contributed by atoms with E-state index in [1.165, 1.54) is 0 Å². The van der Waals surface area contributed by atoms with Crippen molar-refractivity contribution in [1.82, 2.24) is 10.2 Å². The zero-order valence-corrected chi connectivity index (χ0v) is 29.9. The molecular formula is C35H48ClN3O8S. The molecule has 1 amide bonds. The number of sulfone groups is 1. The van der Waals surface area contributed by atoms with E-state index in [9.17, 15) is 23.1 Å². The summed E-state index contributed by atoms with van der Waals surface area (Å²) in [4.78, 5) is 31.4. The van der Waals surface area contributed by atoms with E-state index in [0.29, 0.717) is 42.6 Å².